The number of likely N-dealkylation sites (N-methyl/N-ethyl adjacent to an activating group) is 1. The predicted octanol–water partition coefficient (Wildman–Crippen LogP) is 1.50. The molecule has 0 bridgehead atoms. The number of nitrogens with zero attached hydrogens (tertiary/aromatic N) is 5. The van der Waals surface area contributed by atoms with Crippen LogP contribution in [0.1, 0.15) is 42.8 Å². The van der Waals surface area contributed by atoms with E-state index in [0.29, 0.717) is 19.0 Å². The Hall–Kier alpha value is -2.35. The molecule has 0 amide bonds. The van der Waals surface area contributed by atoms with E-state index in [1.807, 2.05) is 30.2 Å². The summed E-state index contributed by atoms with van der Waals surface area (Å²) < 4.78 is 7.16. The molecule has 0 radical (unpaired) electrons. The van der Waals surface area contributed by atoms with Gasteiger partial charge in [-0.05, 0) is 20.0 Å². The van der Waals surface area contributed by atoms with Crippen molar-refractivity contribution in [2.45, 2.75) is 32.4 Å². The topological polar surface area (TPSA) is 83.5 Å². The highest BCUT2D eigenvalue weighted by Gasteiger charge is 2.16. The zero-order valence-electron chi connectivity index (χ0n) is 15.9. The van der Waals surface area contributed by atoms with Crippen molar-refractivity contribution in [2.24, 2.45) is 12.0 Å². The van der Waals surface area contributed by atoms with E-state index in [1.54, 1.807) is 7.05 Å². The van der Waals surface area contributed by atoms with Crippen LogP contribution in [0.15, 0.2) is 28.0 Å². The van der Waals surface area contributed by atoms with Gasteiger partial charge in [-0.15, -0.1) is 0 Å². The summed E-state index contributed by atoms with van der Waals surface area (Å²) in [6, 6.07) is 2.17. The highest BCUT2D eigenvalue weighted by molar-refractivity contribution is 5.79. The average Bonchev–Trinajstić information content (AvgIpc) is 3.19. The van der Waals surface area contributed by atoms with E-state index in [2.05, 4.69) is 58.7 Å². The van der Waals surface area contributed by atoms with Gasteiger partial charge in [0.25, 0.3) is 0 Å². The molecule has 0 fully saturated rings. The Labute approximate surface area is 149 Å². The zero-order valence-corrected chi connectivity index (χ0v) is 15.9. The molecule has 0 aromatic carbocycles. The van der Waals surface area contributed by atoms with Crippen molar-refractivity contribution in [3.05, 3.63) is 35.5 Å². The molecule has 0 aliphatic carbocycles. The summed E-state index contributed by atoms with van der Waals surface area (Å²) >= 11 is 0. The number of aliphatic imine (C=N–C) groups is 1. The van der Waals surface area contributed by atoms with Crippen LogP contribution in [-0.2, 0) is 13.6 Å². The maximum atomic E-state index is 5.34. The monoisotopic (exact) mass is 347 g/mol. The Bertz CT molecular complexity index is 687. The normalized spacial score (nSPS) is 13.5. The number of aryl methyl sites for hydroxylation is 1. The molecular weight excluding hydrogens is 318 g/mol. The molecule has 1 unspecified atom stereocenters. The maximum Gasteiger partial charge on any atom is 0.191 e. The first-order valence-electron chi connectivity index (χ1n) is 8.45. The fraction of sp³-hybridized carbons (Fsp3) is 0.588. The van der Waals surface area contributed by atoms with E-state index >= 15 is 0 Å². The molecule has 2 heterocycles. The highest BCUT2D eigenvalue weighted by atomic mass is 16.5. The van der Waals surface area contributed by atoms with E-state index in [1.165, 1.54) is 0 Å². The molecule has 0 saturated heterocycles. The molecule has 8 nitrogen and oxygen atoms in total. The van der Waals surface area contributed by atoms with Crippen molar-refractivity contribution in [2.75, 3.05) is 27.7 Å². The largest absolute Gasteiger partial charge is 0.359 e. The number of hydrogen-bond acceptors (Lipinski definition) is 5. The van der Waals surface area contributed by atoms with E-state index in [4.69, 9.17) is 4.52 Å². The van der Waals surface area contributed by atoms with Crippen molar-refractivity contribution in [3.8, 4) is 0 Å². The molecule has 138 valence electrons. The van der Waals surface area contributed by atoms with Crippen LogP contribution >= 0.6 is 0 Å². The van der Waals surface area contributed by atoms with E-state index < -0.39 is 0 Å². The second-order valence-corrected chi connectivity index (χ2v) is 6.61. The van der Waals surface area contributed by atoms with Crippen LogP contribution in [0.2, 0.25) is 0 Å². The first-order chi connectivity index (χ1) is 11.9. The lowest BCUT2D eigenvalue weighted by atomic mass is 10.1. The van der Waals surface area contributed by atoms with Gasteiger partial charge >= 0.3 is 0 Å². The van der Waals surface area contributed by atoms with Crippen molar-refractivity contribution in [1.82, 2.24) is 30.5 Å². The molecule has 1 atom stereocenters. The van der Waals surface area contributed by atoms with E-state index in [9.17, 15) is 0 Å². The molecule has 0 spiro atoms. The molecule has 2 aromatic heterocycles. The van der Waals surface area contributed by atoms with Crippen LogP contribution in [0, 0.1) is 0 Å². The number of guanidine groups is 1. The van der Waals surface area contributed by atoms with Crippen molar-refractivity contribution in [3.63, 3.8) is 0 Å². The summed E-state index contributed by atoms with van der Waals surface area (Å²) in [5.41, 5.74) is 2.12. The Balaban J connectivity index is 1.90. The smallest absolute Gasteiger partial charge is 0.191 e. The van der Waals surface area contributed by atoms with Gasteiger partial charge in [-0.1, -0.05) is 19.0 Å². The quantitative estimate of drug-likeness (QED) is 0.583. The first kappa shape index (κ1) is 19.0. The first-order valence-corrected chi connectivity index (χ1v) is 8.45. The predicted molar refractivity (Wildman–Crippen MR) is 98.4 cm³/mol. The lowest BCUT2D eigenvalue weighted by molar-refractivity contribution is 0.298. The summed E-state index contributed by atoms with van der Waals surface area (Å²) in [6.45, 7) is 5.44. The standard InChI is InChI=1S/C17H29N7O/c1-12(2)15-7-14(25-22-15)9-19-17(18-3)20-10-16(23(4)5)13-8-21-24(6)11-13/h7-8,11-12,16H,9-10H2,1-6H3,(H2,18,19,20). The number of aromatic nitrogens is 3. The molecule has 2 rings (SSSR count). The fourth-order valence-electron chi connectivity index (χ4n) is 2.48. The van der Waals surface area contributed by atoms with Crippen LogP contribution < -0.4 is 10.6 Å². The zero-order chi connectivity index (χ0) is 18.4. The van der Waals surface area contributed by atoms with Gasteiger partial charge in [0.05, 0.1) is 24.5 Å². The molecule has 25 heavy (non-hydrogen) atoms. The van der Waals surface area contributed by atoms with Crippen molar-refractivity contribution >= 4 is 5.96 Å². The van der Waals surface area contributed by atoms with Gasteiger partial charge in [-0.2, -0.15) is 5.10 Å². The summed E-state index contributed by atoms with van der Waals surface area (Å²) in [7, 11) is 7.78. The molecule has 2 aromatic rings. The Morgan fingerprint density at radius 3 is 2.64 bits per heavy atom. The third kappa shape index (κ3) is 5.32. The maximum absolute atomic E-state index is 5.34. The average molecular weight is 347 g/mol. The SMILES string of the molecule is CN=C(NCc1cc(C(C)C)no1)NCC(c1cnn(C)c1)N(C)C. The van der Waals surface area contributed by atoms with Crippen molar-refractivity contribution < 1.29 is 4.52 Å². The van der Waals surface area contributed by atoms with Gasteiger partial charge in [-0.3, -0.25) is 9.67 Å². The lowest BCUT2D eigenvalue weighted by Gasteiger charge is -2.24. The minimum absolute atomic E-state index is 0.199. The Morgan fingerprint density at radius 2 is 2.12 bits per heavy atom. The second kappa shape index (κ2) is 8.66. The molecule has 0 saturated carbocycles. The fourth-order valence-corrected chi connectivity index (χ4v) is 2.48. The van der Waals surface area contributed by atoms with E-state index in [0.717, 1.165) is 23.0 Å². The number of hydrogen-bond donors (Lipinski definition) is 2. The van der Waals surface area contributed by atoms with Gasteiger partial charge in [0.1, 0.15) is 0 Å². The second-order valence-electron chi connectivity index (χ2n) is 6.61. The summed E-state index contributed by atoms with van der Waals surface area (Å²) in [6.07, 6.45) is 3.93. The van der Waals surface area contributed by atoms with Crippen molar-refractivity contribution in [1.29, 1.82) is 0 Å². The third-order valence-electron chi connectivity index (χ3n) is 4.02. The highest BCUT2D eigenvalue weighted by Crippen LogP contribution is 2.16. The molecule has 8 heteroatoms. The van der Waals surface area contributed by atoms with Gasteiger partial charge in [-0.25, -0.2) is 0 Å². The van der Waals surface area contributed by atoms with Crippen LogP contribution in [-0.4, -0.2) is 53.5 Å². The molecule has 2 N–H and O–H groups in total. The van der Waals surface area contributed by atoms with E-state index in [-0.39, 0.29) is 6.04 Å². The number of rotatable bonds is 7. The van der Waals surface area contributed by atoms with Crippen LogP contribution in [0.3, 0.4) is 0 Å². The van der Waals surface area contributed by atoms with Gasteiger partial charge in [0.2, 0.25) is 0 Å². The Kier molecular flexibility index (Phi) is 6.58. The van der Waals surface area contributed by atoms with Gasteiger partial charge in [0.15, 0.2) is 11.7 Å². The summed E-state index contributed by atoms with van der Waals surface area (Å²) in [4.78, 5) is 6.42. The van der Waals surface area contributed by atoms with Crippen LogP contribution in [0.4, 0.5) is 0 Å². The van der Waals surface area contributed by atoms with Crippen LogP contribution in [0.5, 0.6) is 0 Å². The lowest BCUT2D eigenvalue weighted by Crippen LogP contribution is -2.41. The molecular formula is C17H29N7O. The molecule has 0 aliphatic rings. The number of nitrogens with one attached hydrogen (secondary N) is 2. The minimum Gasteiger partial charge on any atom is -0.359 e. The van der Waals surface area contributed by atoms with Gasteiger partial charge in [0, 0.05) is 38.5 Å². The summed E-state index contributed by atoms with van der Waals surface area (Å²) in [5.74, 6) is 1.87. The van der Waals surface area contributed by atoms with Gasteiger partial charge < -0.3 is 20.1 Å². The Morgan fingerprint density at radius 1 is 1.36 bits per heavy atom. The minimum atomic E-state index is 0.199. The molecule has 0 aliphatic heterocycles. The third-order valence-corrected chi connectivity index (χ3v) is 4.02. The summed E-state index contributed by atoms with van der Waals surface area (Å²) in [5, 5.41) is 14.9. The van der Waals surface area contributed by atoms with Crippen LogP contribution in [0.25, 0.3) is 0 Å².